The summed E-state index contributed by atoms with van der Waals surface area (Å²) in [4.78, 5) is 9.42. The van der Waals surface area contributed by atoms with Crippen LogP contribution in [0, 0.1) is 0 Å². The minimum atomic E-state index is 0.151. The minimum absolute atomic E-state index is 0.151. The van der Waals surface area contributed by atoms with E-state index in [1.165, 1.54) is 57.8 Å². The zero-order chi connectivity index (χ0) is 11.9. The smallest absolute Gasteiger partial charge is 0.130 e. The van der Waals surface area contributed by atoms with Crippen LogP contribution in [0.25, 0.3) is 0 Å². The lowest BCUT2D eigenvalue weighted by Gasteiger charge is -2.02. The fourth-order valence-electron chi connectivity index (χ4n) is 1.76. The molecule has 0 radical (unpaired) electrons. The molecule has 0 rings (SSSR count). The third kappa shape index (κ3) is 13.9. The summed E-state index contributed by atoms with van der Waals surface area (Å²) in [6.07, 6.45) is 13.4. The van der Waals surface area contributed by atoms with Crippen LogP contribution in [0.2, 0.25) is 0 Å². The molecule has 0 aliphatic carbocycles. The van der Waals surface area contributed by atoms with Crippen molar-refractivity contribution in [3.05, 3.63) is 0 Å². The Hall–Kier alpha value is -0.120. The Balaban J connectivity index is 2.83. The van der Waals surface area contributed by atoms with E-state index in [-0.39, 0.29) is 6.73 Å². The van der Waals surface area contributed by atoms with Crippen molar-refractivity contribution in [2.45, 2.75) is 71.1 Å². The van der Waals surface area contributed by atoms with Gasteiger partial charge in [0.05, 0.1) is 6.61 Å². The topological polar surface area (TPSA) is 44.5 Å². The molecule has 0 bridgehead atoms. The van der Waals surface area contributed by atoms with Crippen molar-refractivity contribution in [3.63, 3.8) is 0 Å². The zero-order valence-corrected chi connectivity index (χ0v) is 10.9. The van der Waals surface area contributed by atoms with E-state index in [2.05, 4.69) is 11.8 Å². The molecule has 0 saturated heterocycles. The van der Waals surface area contributed by atoms with Gasteiger partial charge in [0.2, 0.25) is 0 Å². The molecular weight excluding hydrogens is 202 g/mol. The first-order chi connectivity index (χ1) is 7.91. The van der Waals surface area contributed by atoms with E-state index in [9.17, 15) is 0 Å². The summed E-state index contributed by atoms with van der Waals surface area (Å²) in [5, 5.41) is 0. The standard InChI is InChI=1S/C13H29NO2/c1-2-3-4-5-6-7-8-9-10-11-12-15-16-13-14/h2-14H2,1H3. The molecule has 0 heterocycles. The molecule has 0 aromatic carbocycles. The average Bonchev–Trinajstić information content (AvgIpc) is 2.31. The second kappa shape index (κ2) is 14.9. The van der Waals surface area contributed by atoms with E-state index in [1.54, 1.807) is 0 Å². The molecule has 0 atom stereocenters. The van der Waals surface area contributed by atoms with Crippen LogP contribution >= 0.6 is 0 Å². The molecule has 0 amide bonds. The Morgan fingerprint density at radius 2 is 1.19 bits per heavy atom. The summed E-state index contributed by atoms with van der Waals surface area (Å²) in [6, 6.07) is 0. The second-order valence-corrected chi connectivity index (χ2v) is 4.29. The van der Waals surface area contributed by atoms with E-state index < -0.39 is 0 Å². The summed E-state index contributed by atoms with van der Waals surface area (Å²) in [6.45, 7) is 3.09. The van der Waals surface area contributed by atoms with Gasteiger partial charge in [0.1, 0.15) is 6.73 Å². The second-order valence-electron chi connectivity index (χ2n) is 4.29. The van der Waals surface area contributed by atoms with Crippen molar-refractivity contribution in [1.82, 2.24) is 0 Å². The molecule has 2 N–H and O–H groups in total. The number of hydrogen-bond acceptors (Lipinski definition) is 3. The fourth-order valence-corrected chi connectivity index (χ4v) is 1.76. The highest BCUT2D eigenvalue weighted by Gasteiger charge is 1.93. The van der Waals surface area contributed by atoms with Gasteiger partial charge in [-0.15, -0.1) is 0 Å². The molecule has 16 heavy (non-hydrogen) atoms. The van der Waals surface area contributed by atoms with Crippen LogP contribution in [-0.2, 0) is 9.78 Å². The summed E-state index contributed by atoms with van der Waals surface area (Å²) >= 11 is 0. The van der Waals surface area contributed by atoms with Gasteiger partial charge in [-0.3, -0.25) is 0 Å². The van der Waals surface area contributed by atoms with E-state index >= 15 is 0 Å². The van der Waals surface area contributed by atoms with Crippen molar-refractivity contribution in [3.8, 4) is 0 Å². The number of hydrogen-bond donors (Lipinski definition) is 1. The summed E-state index contributed by atoms with van der Waals surface area (Å²) < 4.78 is 0. The van der Waals surface area contributed by atoms with Crippen molar-refractivity contribution in [1.29, 1.82) is 0 Å². The van der Waals surface area contributed by atoms with Crippen LogP contribution in [0.4, 0.5) is 0 Å². The highest BCUT2D eigenvalue weighted by atomic mass is 17.2. The van der Waals surface area contributed by atoms with Gasteiger partial charge in [-0.1, -0.05) is 64.7 Å². The van der Waals surface area contributed by atoms with E-state index in [1.807, 2.05) is 0 Å². The molecule has 0 spiro atoms. The van der Waals surface area contributed by atoms with Gasteiger partial charge in [-0.05, 0) is 6.42 Å². The molecule has 0 fully saturated rings. The first-order valence-electron chi connectivity index (χ1n) is 6.86. The third-order valence-corrected chi connectivity index (χ3v) is 2.73. The number of unbranched alkanes of at least 4 members (excludes halogenated alkanes) is 9. The Labute approximate surface area is 101 Å². The van der Waals surface area contributed by atoms with Crippen LogP contribution in [0.15, 0.2) is 0 Å². The molecule has 0 aromatic rings. The maximum Gasteiger partial charge on any atom is 0.130 e. The van der Waals surface area contributed by atoms with Crippen LogP contribution in [0.5, 0.6) is 0 Å². The lowest BCUT2D eigenvalue weighted by molar-refractivity contribution is -0.293. The average molecular weight is 231 g/mol. The van der Waals surface area contributed by atoms with E-state index in [0.29, 0.717) is 6.61 Å². The van der Waals surface area contributed by atoms with Crippen LogP contribution < -0.4 is 5.73 Å². The molecule has 0 aliphatic heterocycles. The molecule has 0 unspecified atom stereocenters. The first-order valence-corrected chi connectivity index (χ1v) is 6.86. The van der Waals surface area contributed by atoms with Crippen molar-refractivity contribution >= 4 is 0 Å². The van der Waals surface area contributed by atoms with E-state index in [0.717, 1.165) is 6.42 Å². The molecule has 98 valence electrons. The molecule has 0 aliphatic rings. The Morgan fingerprint density at radius 3 is 1.69 bits per heavy atom. The Morgan fingerprint density at radius 1 is 0.688 bits per heavy atom. The van der Waals surface area contributed by atoms with Gasteiger partial charge in [-0.25, -0.2) is 9.78 Å². The highest BCUT2D eigenvalue weighted by Crippen LogP contribution is 2.10. The van der Waals surface area contributed by atoms with Crippen molar-refractivity contribution < 1.29 is 9.78 Å². The zero-order valence-electron chi connectivity index (χ0n) is 10.9. The largest absolute Gasteiger partial charge is 0.306 e. The summed E-state index contributed by atoms with van der Waals surface area (Å²) in [5.41, 5.74) is 5.11. The SMILES string of the molecule is CCCCCCCCCCCCOOCN. The lowest BCUT2D eigenvalue weighted by Crippen LogP contribution is -2.06. The van der Waals surface area contributed by atoms with Crippen LogP contribution in [0.3, 0.4) is 0 Å². The predicted molar refractivity (Wildman–Crippen MR) is 67.9 cm³/mol. The molecule has 0 aromatic heterocycles. The predicted octanol–water partition coefficient (Wildman–Crippen LogP) is 3.77. The first kappa shape index (κ1) is 15.9. The molecular formula is C13H29NO2. The quantitative estimate of drug-likeness (QED) is 0.227. The van der Waals surface area contributed by atoms with Crippen LogP contribution in [0.1, 0.15) is 71.1 Å². The van der Waals surface area contributed by atoms with Gasteiger partial charge in [-0.2, -0.15) is 0 Å². The maximum absolute atomic E-state index is 5.11. The molecule has 3 nitrogen and oxygen atoms in total. The molecule has 0 saturated carbocycles. The third-order valence-electron chi connectivity index (χ3n) is 2.73. The highest BCUT2D eigenvalue weighted by molar-refractivity contribution is 4.46. The lowest BCUT2D eigenvalue weighted by atomic mass is 10.1. The summed E-state index contributed by atoms with van der Waals surface area (Å²) in [5.74, 6) is 0. The van der Waals surface area contributed by atoms with E-state index in [4.69, 9.17) is 10.6 Å². The maximum atomic E-state index is 5.11. The van der Waals surface area contributed by atoms with Gasteiger partial charge in [0, 0.05) is 0 Å². The van der Waals surface area contributed by atoms with Gasteiger partial charge in [0.15, 0.2) is 0 Å². The van der Waals surface area contributed by atoms with Crippen molar-refractivity contribution in [2.24, 2.45) is 5.73 Å². The van der Waals surface area contributed by atoms with Gasteiger partial charge < -0.3 is 5.73 Å². The number of rotatable bonds is 13. The Bertz CT molecular complexity index is 107. The fraction of sp³-hybridized carbons (Fsp3) is 1.00. The number of nitrogens with two attached hydrogens (primary N) is 1. The minimum Gasteiger partial charge on any atom is -0.306 e. The van der Waals surface area contributed by atoms with Gasteiger partial charge >= 0.3 is 0 Å². The van der Waals surface area contributed by atoms with Crippen molar-refractivity contribution in [2.75, 3.05) is 13.3 Å². The normalized spacial score (nSPS) is 10.9. The van der Waals surface area contributed by atoms with Gasteiger partial charge in [0.25, 0.3) is 0 Å². The Kier molecular flexibility index (Phi) is 14.8. The van der Waals surface area contributed by atoms with Crippen LogP contribution in [-0.4, -0.2) is 13.3 Å². The summed E-state index contributed by atoms with van der Waals surface area (Å²) in [7, 11) is 0. The molecule has 3 heteroatoms. The monoisotopic (exact) mass is 231 g/mol.